The van der Waals surface area contributed by atoms with Crippen LogP contribution in [0.1, 0.15) is 26.2 Å². The van der Waals surface area contributed by atoms with Crippen molar-refractivity contribution < 1.29 is 14.3 Å². The molecule has 0 aliphatic carbocycles. The van der Waals surface area contributed by atoms with E-state index in [1.54, 1.807) is 20.3 Å². The molecule has 0 aromatic heterocycles. The molecule has 3 nitrogen and oxygen atoms in total. The highest BCUT2D eigenvalue weighted by atomic mass is 16.7. The standard InChI is InChI=1S/C11H20O3/c1-10(6-4-5-9-12)7-8-11(13-2)14-3/h4-5,9-11H,6-8H2,1-3H3/b5-4+/t10-/m0/s1. The molecule has 0 spiro atoms. The van der Waals surface area contributed by atoms with Gasteiger partial charge in [0.05, 0.1) is 0 Å². The summed E-state index contributed by atoms with van der Waals surface area (Å²) < 4.78 is 10.2. The molecule has 0 unspecified atom stereocenters. The lowest BCUT2D eigenvalue weighted by Gasteiger charge is -2.15. The fourth-order valence-corrected chi connectivity index (χ4v) is 1.24. The highest BCUT2D eigenvalue weighted by molar-refractivity contribution is 5.64. The first-order chi connectivity index (χ1) is 6.74. The van der Waals surface area contributed by atoms with Gasteiger partial charge in [0.2, 0.25) is 0 Å². The van der Waals surface area contributed by atoms with Gasteiger partial charge in [0, 0.05) is 14.2 Å². The average Bonchev–Trinajstić information content (AvgIpc) is 2.20. The lowest BCUT2D eigenvalue weighted by Crippen LogP contribution is -2.13. The Morgan fingerprint density at radius 1 is 1.21 bits per heavy atom. The van der Waals surface area contributed by atoms with E-state index in [9.17, 15) is 4.79 Å². The number of hydrogen-bond donors (Lipinski definition) is 0. The van der Waals surface area contributed by atoms with Gasteiger partial charge in [-0.1, -0.05) is 13.0 Å². The monoisotopic (exact) mass is 200 g/mol. The molecule has 0 radical (unpaired) electrons. The number of carbonyl (C=O) groups is 1. The van der Waals surface area contributed by atoms with Crippen LogP contribution in [0, 0.1) is 5.92 Å². The van der Waals surface area contributed by atoms with E-state index in [0.29, 0.717) is 5.92 Å². The minimum Gasteiger partial charge on any atom is -0.356 e. The third-order valence-electron chi connectivity index (χ3n) is 2.17. The first kappa shape index (κ1) is 13.3. The highest BCUT2D eigenvalue weighted by Gasteiger charge is 2.07. The van der Waals surface area contributed by atoms with Gasteiger partial charge in [0.1, 0.15) is 6.29 Å². The molecular formula is C11H20O3. The Morgan fingerprint density at radius 3 is 2.36 bits per heavy atom. The predicted octanol–water partition coefficient (Wildman–Crippen LogP) is 2.17. The fraction of sp³-hybridized carbons (Fsp3) is 0.727. The van der Waals surface area contributed by atoms with Crippen LogP contribution in [0.15, 0.2) is 12.2 Å². The highest BCUT2D eigenvalue weighted by Crippen LogP contribution is 2.13. The van der Waals surface area contributed by atoms with Crippen molar-refractivity contribution in [1.82, 2.24) is 0 Å². The molecule has 0 amide bonds. The summed E-state index contributed by atoms with van der Waals surface area (Å²) in [6, 6.07) is 0. The van der Waals surface area contributed by atoms with Crippen molar-refractivity contribution in [2.75, 3.05) is 14.2 Å². The minimum atomic E-state index is -0.104. The van der Waals surface area contributed by atoms with Crippen LogP contribution in [0.5, 0.6) is 0 Å². The van der Waals surface area contributed by atoms with Gasteiger partial charge in [-0.2, -0.15) is 0 Å². The van der Waals surface area contributed by atoms with E-state index in [2.05, 4.69) is 6.92 Å². The Labute approximate surface area is 86.1 Å². The largest absolute Gasteiger partial charge is 0.356 e. The maximum Gasteiger partial charge on any atom is 0.156 e. The molecule has 0 aromatic carbocycles. The zero-order chi connectivity index (χ0) is 10.8. The van der Waals surface area contributed by atoms with Crippen molar-refractivity contribution >= 4 is 6.29 Å². The van der Waals surface area contributed by atoms with E-state index in [0.717, 1.165) is 25.5 Å². The molecule has 0 heterocycles. The smallest absolute Gasteiger partial charge is 0.156 e. The summed E-state index contributed by atoms with van der Waals surface area (Å²) in [5, 5.41) is 0. The summed E-state index contributed by atoms with van der Waals surface area (Å²) in [4.78, 5) is 10.0. The molecule has 82 valence electrons. The molecule has 0 N–H and O–H groups in total. The Bertz CT molecular complexity index is 162. The van der Waals surface area contributed by atoms with Gasteiger partial charge in [-0.15, -0.1) is 0 Å². The Kier molecular flexibility index (Phi) is 8.48. The lowest BCUT2D eigenvalue weighted by atomic mass is 10.0. The number of allylic oxidation sites excluding steroid dienone is 2. The molecule has 0 fully saturated rings. The van der Waals surface area contributed by atoms with Crippen LogP contribution in [0.3, 0.4) is 0 Å². The molecule has 14 heavy (non-hydrogen) atoms. The topological polar surface area (TPSA) is 35.5 Å². The molecule has 1 atom stereocenters. The van der Waals surface area contributed by atoms with Crippen molar-refractivity contribution in [2.24, 2.45) is 5.92 Å². The van der Waals surface area contributed by atoms with Crippen molar-refractivity contribution in [3.8, 4) is 0 Å². The minimum absolute atomic E-state index is 0.104. The Morgan fingerprint density at radius 2 is 1.86 bits per heavy atom. The molecule has 0 aromatic rings. The van der Waals surface area contributed by atoms with E-state index in [4.69, 9.17) is 9.47 Å². The van der Waals surface area contributed by atoms with Gasteiger partial charge in [-0.05, 0) is 31.3 Å². The van der Waals surface area contributed by atoms with Gasteiger partial charge < -0.3 is 9.47 Å². The van der Waals surface area contributed by atoms with Crippen LogP contribution in [-0.2, 0) is 14.3 Å². The quantitative estimate of drug-likeness (QED) is 0.342. The predicted molar refractivity (Wildman–Crippen MR) is 56.0 cm³/mol. The molecule has 0 bridgehead atoms. The fourth-order valence-electron chi connectivity index (χ4n) is 1.24. The Balaban J connectivity index is 3.56. The van der Waals surface area contributed by atoms with Crippen LogP contribution in [0.2, 0.25) is 0 Å². The molecule has 0 rings (SSSR count). The number of methoxy groups -OCH3 is 2. The maximum absolute atomic E-state index is 10.0. The Hall–Kier alpha value is -0.670. The SMILES string of the molecule is COC(CC[C@@H](C)C/C=C/C=O)OC. The van der Waals surface area contributed by atoms with Gasteiger partial charge in [-0.25, -0.2) is 0 Å². The van der Waals surface area contributed by atoms with Crippen LogP contribution in [0.4, 0.5) is 0 Å². The van der Waals surface area contributed by atoms with Gasteiger partial charge >= 0.3 is 0 Å². The molecule has 0 saturated heterocycles. The van der Waals surface area contributed by atoms with E-state index in [1.165, 1.54) is 0 Å². The summed E-state index contributed by atoms with van der Waals surface area (Å²) >= 11 is 0. The number of hydrogen-bond acceptors (Lipinski definition) is 3. The second-order valence-corrected chi connectivity index (χ2v) is 3.38. The van der Waals surface area contributed by atoms with E-state index in [-0.39, 0.29) is 6.29 Å². The summed E-state index contributed by atoms with van der Waals surface area (Å²) in [6.45, 7) is 2.15. The normalized spacial score (nSPS) is 13.7. The lowest BCUT2D eigenvalue weighted by molar-refractivity contribution is -0.108. The number of aldehydes is 1. The van der Waals surface area contributed by atoms with Crippen LogP contribution < -0.4 is 0 Å². The second kappa shape index (κ2) is 8.91. The number of ether oxygens (including phenoxy) is 2. The molecule has 0 aliphatic rings. The van der Waals surface area contributed by atoms with Crippen molar-refractivity contribution in [2.45, 2.75) is 32.5 Å². The van der Waals surface area contributed by atoms with Crippen molar-refractivity contribution in [3.05, 3.63) is 12.2 Å². The first-order valence-corrected chi connectivity index (χ1v) is 4.90. The average molecular weight is 200 g/mol. The van der Waals surface area contributed by atoms with E-state index in [1.807, 2.05) is 6.08 Å². The van der Waals surface area contributed by atoms with Crippen molar-refractivity contribution in [3.63, 3.8) is 0 Å². The van der Waals surface area contributed by atoms with Gasteiger partial charge in [0.25, 0.3) is 0 Å². The van der Waals surface area contributed by atoms with Crippen LogP contribution in [0.25, 0.3) is 0 Å². The zero-order valence-corrected chi connectivity index (χ0v) is 9.23. The molecular weight excluding hydrogens is 180 g/mol. The summed E-state index contributed by atoms with van der Waals surface area (Å²) in [7, 11) is 3.29. The van der Waals surface area contributed by atoms with Gasteiger partial charge in [0.15, 0.2) is 6.29 Å². The molecule has 3 heteroatoms. The van der Waals surface area contributed by atoms with E-state index < -0.39 is 0 Å². The van der Waals surface area contributed by atoms with E-state index >= 15 is 0 Å². The number of carbonyl (C=O) groups excluding carboxylic acids is 1. The molecule has 0 aliphatic heterocycles. The third-order valence-corrected chi connectivity index (χ3v) is 2.17. The third kappa shape index (κ3) is 6.80. The zero-order valence-electron chi connectivity index (χ0n) is 9.23. The first-order valence-electron chi connectivity index (χ1n) is 4.90. The summed E-state index contributed by atoms with van der Waals surface area (Å²) in [5.41, 5.74) is 0. The maximum atomic E-state index is 10.0. The van der Waals surface area contributed by atoms with Crippen molar-refractivity contribution in [1.29, 1.82) is 0 Å². The van der Waals surface area contributed by atoms with Gasteiger partial charge in [-0.3, -0.25) is 4.79 Å². The summed E-state index contributed by atoms with van der Waals surface area (Å²) in [5.74, 6) is 0.555. The number of rotatable bonds is 8. The van der Waals surface area contributed by atoms with Crippen LogP contribution >= 0.6 is 0 Å². The van der Waals surface area contributed by atoms with Crippen LogP contribution in [-0.4, -0.2) is 26.8 Å². The second-order valence-electron chi connectivity index (χ2n) is 3.38. The summed E-state index contributed by atoms with van der Waals surface area (Å²) in [6.07, 6.45) is 7.00. The molecule has 0 saturated carbocycles.